The van der Waals surface area contributed by atoms with Gasteiger partial charge in [-0.3, -0.25) is 14.6 Å². The molecule has 0 aliphatic rings. The van der Waals surface area contributed by atoms with Gasteiger partial charge in [0.25, 0.3) is 15.6 Å². The van der Waals surface area contributed by atoms with Crippen LogP contribution in [0.3, 0.4) is 0 Å². The number of carboxylic acid groups (broad SMARTS) is 2. The molecule has 15 heteroatoms. The van der Waals surface area contributed by atoms with Gasteiger partial charge in [0.1, 0.15) is 5.69 Å². The largest absolute Gasteiger partial charge is 0.478 e. The normalized spacial score (nSPS) is 11.5. The first-order valence-corrected chi connectivity index (χ1v) is 20.4. The van der Waals surface area contributed by atoms with Crippen LogP contribution in [0, 0.1) is 0 Å². The van der Waals surface area contributed by atoms with Gasteiger partial charge in [-0.05, 0) is 60.9 Å². The van der Waals surface area contributed by atoms with Crippen LogP contribution in [0.15, 0.2) is 64.3 Å². The molecule has 0 bridgehead atoms. The molecule has 0 atom stereocenters. The lowest BCUT2D eigenvalue weighted by Crippen LogP contribution is -2.22. The highest BCUT2D eigenvalue weighted by atomic mass is 35.5. The molecule has 4 rings (SSSR count). The SMILES string of the molecule is CCCCCCCCCCCCCCCc1cccc(S(=O)(=O)Nc2c(Nc3cc(C(=O)O)cc(C(=O)O)c3)[nH]n(-c3c(Cl)cc(Cl)cc3Cl)c2=O)c1. The van der Waals surface area contributed by atoms with E-state index in [1.807, 2.05) is 6.07 Å². The second-order valence-electron chi connectivity index (χ2n) is 13.0. The fraction of sp³-hybridized carbons (Fsp3) is 0.395. The van der Waals surface area contributed by atoms with E-state index in [1.54, 1.807) is 12.1 Å². The summed E-state index contributed by atoms with van der Waals surface area (Å²) >= 11 is 18.9. The third-order valence-corrected chi connectivity index (χ3v) is 10.9. The molecular formula is C38H45Cl3N4O7S. The molecular weight excluding hydrogens is 763 g/mol. The molecule has 1 heterocycles. The Hall–Kier alpha value is -3.97. The second kappa shape index (κ2) is 19.9. The minimum atomic E-state index is -4.37. The predicted octanol–water partition coefficient (Wildman–Crippen LogP) is 10.7. The number of aromatic nitrogens is 2. The summed E-state index contributed by atoms with van der Waals surface area (Å²) in [5.74, 6) is -3.05. The van der Waals surface area contributed by atoms with Crippen LogP contribution in [0.25, 0.3) is 5.69 Å². The Balaban J connectivity index is 1.50. The molecule has 0 spiro atoms. The number of hydrogen-bond donors (Lipinski definition) is 5. The number of rotatable bonds is 22. The van der Waals surface area contributed by atoms with Crippen molar-refractivity contribution < 1.29 is 28.2 Å². The molecule has 0 radical (unpaired) electrons. The van der Waals surface area contributed by atoms with Crippen molar-refractivity contribution in [3.8, 4) is 5.69 Å². The number of H-pyrrole nitrogens is 1. The molecule has 5 N–H and O–H groups in total. The highest BCUT2D eigenvalue weighted by molar-refractivity contribution is 7.92. The van der Waals surface area contributed by atoms with Crippen molar-refractivity contribution in [1.29, 1.82) is 0 Å². The number of aromatic carboxylic acids is 2. The molecule has 0 aliphatic heterocycles. The van der Waals surface area contributed by atoms with Crippen LogP contribution in [-0.2, 0) is 16.4 Å². The van der Waals surface area contributed by atoms with E-state index in [-0.39, 0.29) is 48.3 Å². The average Bonchev–Trinajstić information content (AvgIpc) is 3.38. The van der Waals surface area contributed by atoms with Crippen LogP contribution in [0.4, 0.5) is 17.2 Å². The maximum atomic E-state index is 13.9. The number of anilines is 3. The van der Waals surface area contributed by atoms with Gasteiger partial charge in [-0.2, -0.15) is 0 Å². The molecule has 286 valence electrons. The molecule has 3 aromatic carbocycles. The monoisotopic (exact) mass is 806 g/mol. The lowest BCUT2D eigenvalue weighted by molar-refractivity contribution is 0.0696. The number of nitrogens with zero attached hydrogens (tertiary/aromatic N) is 1. The second-order valence-corrected chi connectivity index (χ2v) is 15.9. The lowest BCUT2D eigenvalue weighted by Gasteiger charge is -2.11. The smallest absolute Gasteiger partial charge is 0.335 e. The van der Waals surface area contributed by atoms with Crippen molar-refractivity contribution in [3.05, 3.63) is 96.7 Å². The van der Waals surface area contributed by atoms with Crippen molar-refractivity contribution in [2.45, 2.75) is 102 Å². The molecule has 0 saturated carbocycles. The summed E-state index contributed by atoms with van der Waals surface area (Å²) in [6.07, 6.45) is 16.6. The number of benzene rings is 3. The van der Waals surface area contributed by atoms with Gasteiger partial charge in [0.2, 0.25) is 0 Å². The fourth-order valence-corrected chi connectivity index (χ4v) is 8.15. The van der Waals surface area contributed by atoms with Crippen LogP contribution in [-0.4, -0.2) is 40.3 Å². The van der Waals surface area contributed by atoms with Crippen LogP contribution in [0.5, 0.6) is 0 Å². The first-order chi connectivity index (χ1) is 25.3. The van der Waals surface area contributed by atoms with Crippen LogP contribution >= 0.6 is 34.8 Å². The predicted molar refractivity (Wildman–Crippen MR) is 212 cm³/mol. The van der Waals surface area contributed by atoms with Gasteiger partial charge in [0, 0.05) is 10.7 Å². The molecule has 4 aromatic rings. The van der Waals surface area contributed by atoms with Gasteiger partial charge in [-0.25, -0.2) is 22.7 Å². The highest BCUT2D eigenvalue weighted by Crippen LogP contribution is 2.33. The number of aryl methyl sites for hydroxylation is 1. The summed E-state index contributed by atoms with van der Waals surface area (Å²) in [6.45, 7) is 2.23. The van der Waals surface area contributed by atoms with Gasteiger partial charge in [-0.1, -0.05) is 131 Å². The quantitative estimate of drug-likeness (QED) is 0.0488. The summed E-state index contributed by atoms with van der Waals surface area (Å²) in [7, 11) is -4.37. The molecule has 11 nitrogen and oxygen atoms in total. The molecule has 0 unspecified atom stereocenters. The highest BCUT2D eigenvalue weighted by Gasteiger charge is 2.25. The standard InChI is InChI=1S/C38H45Cl3N4O7S/c1-2-3-4-5-6-7-8-9-10-11-12-13-14-16-25-17-15-18-30(19-25)53(51,52)44-33-35(42-29-21-26(37(47)48)20-27(22-29)38(49)50)43-45(36(33)46)34-31(40)23-28(39)24-32(34)41/h15,17-24,42-44H,2-14,16H2,1H3,(H,47,48)(H,49,50). The van der Waals surface area contributed by atoms with Crippen molar-refractivity contribution >= 4 is 74.0 Å². The van der Waals surface area contributed by atoms with Crippen LogP contribution in [0.1, 0.15) is 117 Å². The zero-order chi connectivity index (χ0) is 38.5. The van der Waals surface area contributed by atoms with E-state index in [0.717, 1.165) is 47.7 Å². The summed E-state index contributed by atoms with van der Waals surface area (Å²) in [5.41, 5.74) is -1.41. The molecule has 0 fully saturated rings. The number of aromatic amines is 1. The number of sulfonamides is 1. The maximum Gasteiger partial charge on any atom is 0.335 e. The summed E-state index contributed by atoms with van der Waals surface area (Å²) in [4.78, 5) is 37.3. The third-order valence-electron chi connectivity index (χ3n) is 8.81. The summed E-state index contributed by atoms with van der Waals surface area (Å²) in [5, 5.41) is 24.7. The number of nitrogens with one attached hydrogen (secondary N) is 3. The minimum absolute atomic E-state index is 0.0336. The topological polar surface area (TPSA) is 171 Å². The first kappa shape index (κ1) is 41.8. The minimum Gasteiger partial charge on any atom is -0.478 e. The van der Waals surface area contributed by atoms with Gasteiger partial charge in [-0.15, -0.1) is 0 Å². The summed E-state index contributed by atoms with van der Waals surface area (Å²) in [6, 6.07) is 12.4. The first-order valence-electron chi connectivity index (χ1n) is 17.8. The molecule has 0 aliphatic carbocycles. The molecule has 0 amide bonds. The lowest BCUT2D eigenvalue weighted by atomic mass is 10.0. The van der Waals surface area contributed by atoms with E-state index >= 15 is 0 Å². The Kier molecular flexibility index (Phi) is 15.7. The number of carbonyl (C=O) groups is 2. The number of carboxylic acids is 2. The number of hydrogen-bond acceptors (Lipinski definition) is 6. The maximum absolute atomic E-state index is 13.9. The van der Waals surface area contributed by atoms with Gasteiger partial charge in [0.15, 0.2) is 11.5 Å². The van der Waals surface area contributed by atoms with Crippen LogP contribution < -0.4 is 15.6 Å². The van der Waals surface area contributed by atoms with E-state index in [4.69, 9.17) is 34.8 Å². The number of halogens is 3. The third kappa shape index (κ3) is 12.0. The molecule has 0 saturated heterocycles. The van der Waals surface area contributed by atoms with Gasteiger partial charge in [0.05, 0.1) is 26.1 Å². The average molecular weight is 808 g/mol. The van der Waals surface area contributed by atoms with Crippen molar-refractivity contribution in [1.82, 2.24) is 9.78 Å². The molecule has 1 aromatic heterocycles. The van der Waals surface area contributed by atoms with E-state index in [1.165, 1.54) is 82.4 Å². The van der Waals surface area contributed by atoms with Crippen LogP contribution in [0.2, 0.25) is 15.1 Å². The molecule has 53 heavy (non-hydrogen) atoms. The van der Waals surface area contributed by atoms with Crippen molar-refractivity contribution in [3.63, 3.8) is 0 Å². The zero-order valence-electron chi connectivity index (χ0n) is 29.5. The van der Waals surface area contributed by atoms with E-state index in [0.29, 0.717) is 6.42 Å². The zero-order valence-corrected chi connectivity index (χ0v) is 32.6. The van der Waals surface area contributed by atoms with Gasteiger partial charge < -0.3 is 15.5 Å². The Bertz CT molecular complexity index is 2010. The van der Waals surface area contributed by atoms with Crippen molar-refractivity contribution in [2.75, 3.05) is 10.0 Å². The van der Waals surface area contributed by atoms with E-state index in [2.05, 4.69) is 22.1 Å². The Morgan fingerprint density at radius 3 is 1.81 bits per heavy atom. The number of unbranched alkanes of at least 4 members (excludes halogenated alkanes) is 12. The van der Waals surface area contributed by atoms with E-state index < -0.39 is 33.2 Å². The van der Waals surface area contributed by atoms with Crippen molar-refractivity contribution in [2.24, 2.45) is 0 Å². The fourth-order valence-electron chi connectivity index (χ4n) is 6.03. The Labute approximate surface area is 324 Å². The van der Waals surface area contributed by atoms with Gasteiger partial charge >= 0.3 is 11.9 Å². The Morgan fingerprint density at radius 1 is 0.755 bits per heavy atom. The van der Waals surface area contributed by atoms with E-state index in [9.17, 15) is 33.0 Å². The summed E-state index contributed by atoms with van der Waals surface area (Å²) < 4.78 is 30.8. The Morgan fingerprint density at radius 2 is 1.28 bits per heavy atom.